The van der Waals surface area contributed by atoms with E-state index in [1.165, 1.54) is 6.42 Å². The van der Waals surface area contributed by atoms with Crippen molar-refractivity contribution >= 4 is 11.7 Å². The van der Waals surface area contributed by atoms with Crippen LogP contribution >= 0.6 is 0 Å². The van der Waals surface area contributed by atoms with E-state index in [-0.39, 0.29) is 5.97 Å². The number of anilines is 1. The Morgan fingerprint density at radius 3 is 2.50 bits per heavy atom. The van der Waals surface area contributed by atoms with Crippen molar-refractivity contribution in [2.24, 2.45) is 0 Å². The zero-order valence-electron chi connectivity index (χ0n) is 11.4. The van der Waals surface area contributed by atoms with Gasteiger partial charge in [0.15, 0.2) is 0 Å². The van der Waals surface area contributed by atoms with Gasteiger partial charge in [-0.05, 0) is 44.8 Å². The van der Waals surface area contributed by atoms with E-state index in [0.717, 1.165) is 18.7 Å². The normalized spacial score (nSPS) is 10.4. The van der Waals surface area contributed by atoms with Gasteiger partial charge in [0, 0.05) is 12.2 Å². The molecule has 18 heavy (non-hydrogen) atoms. The van der Waals surface area contributed by atoms with Crippen LogP contribution in [0.5, 0.6) is 0 Å². The summed E-state index contributed by atoms with van der Waals surface area (Å²) >= 11 is 0. The highest BCUT2D eigenvalue weighted by Crippen LogP contribution is 2.10. The second kappa shape index (κ2) is 7.71. The molecule has 1 aromatic rings. The number of rotatable bonds is 7. The van der Waals surface area contributed by atoms with E-state index in [1.807, 2.05) is 26.2 Å². The van der Waals surface area contributed by atoms with Gasteiger partial charge in [-0.3, -0.25) is 4.90 Å². The number of esters is 1. The number of benzene rings is 1. The molecule has 0 unspecified atom stereocenters. The second-order valence-corrected chi connectivity index (χ2v) is 4.50. The van der Waals surface area contributed by atoms with Gasteiger partial charge in [-0.2, -0.15) is 0 Å². The quantitative estimate of drug-likeness (QED) is 0.459. The third-order valence-corrected chi connectivity index (χ3v) is 2.43. The SMILES string of the molecule is CCCCNc1ccc(C(=O)OCN(C)C)cc1. The molecule has 1 aromatic carbocycles. The van der Waals surface area contributed by atoms with Gasteiger partial charge in [-0.25, -0.2) is 4.79 Å². The summed E-state index contributed by atoms with van der Waals surface area (Å²) in [5.41, 5.74) is 1.62. The van der Waals surface area contributed by atoms with Gasteiger partial charge < -0.3 is 10.1 Å². The Balaban J connectivity index is 2.46. The van der Waals surface area contributed by atoms with E-state index < -0.39 is 0 Å². The van der Waals surface area contributed by atoms with E-state index >= 15 is 0 Å². The van der Waals surface area contributed by atoms with Crippen LogP contribution in [0.15, 0.2) is 24.3 Å². The Morgan fingerprint density at radius 2 is 1.94 bits per heavy atom. The maximum atomic E-state index is 11.7. The highest BCUT2D eigenvalue weighted by molar-refractivity contribution is 5.89. The minimum Gasteiger partial charge on any atom is -0.446 e. The van der Waals surface area contributed by atoms with Crippen LogP contribution < -0.4 is 5.32 Å². The summed E-state index contributed by atoms with van der Waals surface area (Å²) in [4.78, 5) is 13.5. The first-order valence-corrected chi connectivity index (χ1v) is 6.29. The molecule has 0 aliphatic rings. The van der Waals surface area contributed by atoms with Crippen LogP contribution in [0.3, 0.4) is 0 Å². The van der Waals surface area contributed by atoms with Crippen molar-refractivity contribution in [1.29, 1.82) is 0 Å². The van der Waals surface area contributed by atoms with E-state index in [4.69, 9.17) is 4.74 Å². The Morgan fingerprint density at radius 1 is 1.28 bits per heavy atom. The van der Waals surface area contributed by atoms with Crippen molar-refractivity contribution in [2.75, 3.05) is 32.7 Å². The molecule has 0 bridgehead atoms. The van der Waals surface area contributed by atoms with Crippen LogP contribution in [0, 0.1) is 0 Å². The predicted molar refractivity (Wildman–Crippen MR) is 73.8 cm³/mol. The number of nitrogens with zero attached hydrogens (tertiary/aromatic N) is 1. The smallest absolute Gasteiger partial charge is 0.339 e. The Kier molecular flexibility index (Phi) is 6.22. The minimum atomic E-state index is -0.288. The van der Waals surface area contributed by atoms with Crippen molar-refractivity contribution in [2.45, 2.75) is 19.8 Å². The number of unbranched alkanes of at least 4 members (excludes halogenated alkanes) is 1. The molecule has 0 fully saturated rings. The van der Waals surface area contributed by atoms with Crippen molar-refractivity contribution in [3.05, 3.63) is 29.8 Å². The second-order valence-electron chi connectivity index (χ2n) is 4.50. The molecule has 0 aliphatic carbocycles. The molecule has 4 nitrogen and oxygen atoms in total. The van der Waals surface area contributed by atoms with Crippen molar-refractivity contribution in [1.82, 2.24) is 4.90 Å². The maximum absolute atomic E-state index is 11.7. The van der Waals surface area contributed by atoms with Crippen LogP contribution in [0.25, 0.3) is 0 Å². The summed E-state index contributed by atoms with van der Waals surface area (Å²) < 4.78 is 5.09. The molecule has 0 saturated carbocycles. The van der Waals surface area contributed by atoms with Crippen LogP contribution in [-0.4, -0.2) is 38.2 Å². The molecule has 0 atom stereocenters. The van der Waals surface area contributed by atoms with Crippen LogP contribution in [0.2, 0.25) is 0 Å². The largest absolute Gasteiger partial charge is 0.446 e. The molecule has 0 aliphatic heterocycles. The lowest BCUT2D eigenvalue weighted by Crippen LogP contribution is -2.19. The molecule has 0 aromatic heterocycles. The summed E-state index contributed by atoms with van der Waals surface area (Å²) in [6, 6.07) is 7.38. The minimum absolute atomic E-state index is 0.288. The Labute approximate surface area is 109 Å². The monoisotopic (exact) mass is 250 g/mol. The van der Waals surface area contributed by atoms with E-state index in [1.54, 1.807) is 17.0 Å². The fourth-order valence-corrected chi connectivity index (χ4v) is 1.40. The average molecular weight is 250 g/mol. The number of hydrogen-bond donors (Lipinski definition) is 1. The molecule has 0 radical (unpaired) electrons. The van der Waals surface area contributed by atoms with Gasteiger partial charge >= 0.3 is 5.97 Å². The molecule has 4 heteroatoms. The topological polar surface area (TPSA) is 41.6 Å². The summed E-state index contributed by atoms with van der Waals surface area (Å²) in [7, 11) is 3.71. The fourth-order valence-electron chi connectivity index (χ4n) is 1.40. The van der Waals surface area contributed by atoms with Crippen molar-refractivity contribution in [3.63, 3.8) is 0 Å². The van der Waals surface area contributed by atoms with Gasteiger partial charge in [0.1, 0.15) is 6.73 Å². The first-order valence-electron chi connectivity index (χ1n) is 6.29. The Hall–Kier alpha value is -1.55. The average Bonchev–Trinajstić information content (AvgIpc) is 2.37. The predicted octanol–water partition coefficient (Wildman–Crippen LogP) is 2.57. The molecular formula is C14H22N2O2. The lowest BCUT2D eigenvalue weighted by Gasteiger charge is -2.11. The summed E-state index contributed by atoms with van der Waals surface area (Å²) in [6.07, 6.45) is 2.31. The van der Waals surface area contributed by atoms with Crippen LogP contribution in [0.4, 0.5) is 5.69 Å². The molecule has 1 rings (SSSR count). The van der Waals surface area contributed by atoms with Gasteiger partial charge in [0.05, 0.1) is 5.56 Å². The summed E-state index contributed by atoms with van der Waals surface area (Å²) in [5.74, 6) is -0.288. The summed E-state index contributed by atoms with van der Waals surface area (Å²) in [5, 5.41) is 3.30. The molecule has 0 heterocycles. The number of carbonyl (C=O) groups is 1. The third kappa shape index (κ3) is 5.19. The first kappa shape index (κ1) is 14.5. The maximum Gasteiger partial charge on any atom is 0.339 e. The van der Waals surface area contributed by atoms with E-state index in [0.29, 0.717) is 12.3 Å². The number of hydrogen-bond acceptors (Lipinski definition) is 4. The van der Waals surface area contributed by atoms with Crippen molar-refractivity contribution in [3.8, 4) is 0 Å². The van der Waals surface area contributed by atoms with E-state index in [2.05, 4.69) is 12.2 Å². The van der Waals surface area contributed by atoms with Crippen LogP contribution in [0.1, 0.15) is 30.1 Å². The third-order valence-electron chi connectivity index (χ3n) is 2.43. The molecule has 100 valence electrons. The Bertz CT molecular complexity index is 361. The molecule has 1 N–H and O–H groups in total. The van der Waals surface area contributed by atoms with E-state index in [9.17, 15) is 4.79 Å². The lowest BCUT2D eigenvalue weighted by atomic mass is 10.2. The molecular weight excluding hydrogens is 228 g/mol. The van der Waals surface area contributed by atoms with Gasteiger partial charge in [-0.15, -0.1) is 0 Å². The van der Waals surface area contributed by atoms with Crippen molar-refractivity contribution < 1.29 is 9.53 Å². The zero-order chi connectivity index (χ0) is 13.4. The fraction of sp³-hybridized carbons (Fsp3) is 0.500. The van der Waals surface area contributed by atoms with Gasteiger partial charge in [0.2, 0.25) is 0 Å². The standard InChI is InChI=1S/C14H22N2O2/c1-4-5-10-15-13-8-6-12(7-9-13)14(17)18-11-16(2)3/h6-9,15H,4-5,10-11H2,1-3H3. The van der Waals surface area contributed by atoms with Gasteiger partial charge in [0.25, 0.3) is 0 Å². The molecule has 0 amide bonds. The zero-order valence-corrected chi connectivity index (χ0v) is 11.4. The number of carbonyl (C=O) groups excluding carboxylic acids is 1. The molecule has 0 saturated heterocycles. The lowest BCUT2D eigenvalue weighted by molar-refractivity contribution is 0.0319. The number of nitrogens with one attached hydrogen (secondary N) is 1. The highest BCUT2D eigenvalue weighted by Gasteiger charge is 2.06. The first-order chi connectivity index (χ1) is 8.63. The van der Waals surface area contributed by atoms with Crippen LogP contribution in [-0.2, 0) is 4.74 Å². The highest BCUT2D eigenvalue weighted by atomic mass is 16.5. The van der Waals surface area contributed by atoms with Gasteiger partial charge in [-0.1, -0.05) is 13.3 Å². The summed E-state index contributed by atoms with van der Waals surface area (Å²) in [6.45, 7) is 3.42. The number of ether oxygens (including phenoxy) is 1. The molecule has 0 spiro atoms.